The Kier molecular flexibility index (Phi) is 5.35. The van der Waals surface area contributed by atoms with Crippen LogP contribution in [-0.2, 0) is 0 Å². The zero-order chi connectivity index (χ0) is 20.3. The van der Waals surface area contributed by atoms with E-state index < -0.39 is 23.2 Å². The molecule has 5 nitrogen and oxygen atoms in total. The number of halogens is 2. The first-order chi connectivity index (χ1) is 13.2. The first kappa shape index (κ1) is 19.4. The van der Waals surface area contributed by atoms with Gasteiger partial charge in [0.1, 0.15) is 28.8 Å². The Morgan fingerprint density at radius 3 is 2.18 bits per heavy atom. The molecule has 0 saturated carbocycles. The van der Waals surface area contributed by atoms with Crippen molar-refractivity contribution in [1.82, 2.24) is 9.97 Å². The van der Waals surface area contributed by atoms with Crippen LogP contribution in [0.15, 0.2) is 54.6 Å². The van der Waals surface area contributed by atoms with E-state index in [2.05, 4.69) is 20.6 Å². The largest absolute Gasteiger partial charge is 0.365 e. The van der Waals surface area contributed by atoms with E-state index in [1.807, 2.05) is 51.1 Å². The maximum absolute atomic E-state index is 13.9. The Labute approximate surface area is 161 Å². The second-order valence-corrected chi connectivity index (χ2v) is 7.25. The Morgan fingerprint density at radius 2 is 1.57 bits per heavy atom. The van der Waals surface area contributed by atoms with Gasteiger partial charge in [0.2, 0.25) is 0 Å². The quantitative estimate of drug-likeness (QED) is 0.675. The molecule has 3 rings (SSSR count). The summed E-state index contributed by atoms with van der Waals surface area (Å²) in [7, 11) is 0. The van der Waals surface area contributed by atoms with Gasteiger partial charge in [0, 0.05) is 17.2 Å². The van der Waals surface area contributed by atoms with E-state index in [4.69, 9.17) is 0 Å². The third kappa shape index (κ3) is 4.68. The zero-order valence-electron chi connectivity index (χ0n) is 15.8. The predicted molar refractivity (Wildman–Crippen MR) is 105 cm³/mol. The van der Waals surface area contributed by atoms with Crippen molar-refractivity contribution in [1.29, 1.82) is 0 Å². The molecule has 0 unspecified atom stereocenters. The fourth-order valence-corrected chi connectivity index (χ4v) is 2.52. The summed E-state index contributed by atoms with van der Waals surface area (Å²) >= 11 is 0. The average Bonchev–Trinajstić information content (AvgIpc) is 2.64. The van der Waals surface area contributed by atoms with Crippen LogP contribution < -0.4 is 10.6 Å². The summed E-state index contributed by atoms with van der Waals surface area (Å²) in [6, 6.07) is 14.0. The lowest BCUT2D eigenvalue weighted by Gasteiger charge is -2.22. The van der Waals surface area contributed by atoms with Crippen molar-refractivity contribution < 1.29 is 13.6 Å². The van der Waals surface area contributed by atoms with Crippen molar-refractivity contribution in [3.8, 4) is 11.4 Å². The molecular weight excluding hydrogens is 362 g/mol. The van der Waals surface area contributed by atoms with Crippen molar-refractivity contribution in [3.63, 3.8) is 0 Å². The Bertz CT molecular complexity index is 981. The van der Waals surface area contributed by atoms with E-state index in [1.54, 1.807) is 0 Å². The van der Waals surface area contributed by atoms with Crippen LogP contribution in [0, 0.1) is 11.6 Å². The third-order valence-corrected chi connectivity index (χ3v) is 3.70. The van der Waals surface area contributed by atoms with Crippen LogP contribution in [0.5, 0.6) is 0 Å². The maximum atomic E-state index is 13.9. The lowest BCUT2D eigenvalue weighted by Crippen LogP contribution is -2.27. The summed E-state index contributed by atoms with van der Waals surface area (Å²) in [5.41, 5.74) is -0.125. The van der Waals surface area contributed by atoms with E-state index in [1.165, 1.54) is 12.1 Å². The summed E-state index contributed by atoms with van der Waals surface area (Å²) in [6.45, 7) is 5.85. The second-order valence-electron chi connectivity index (χ2n) is 7.25. The van der Waals surface area contributed by atoms with E-state index in [-0.39, 0.29) is 11.2 Å². The zero-order valence-corrected chi connectivity index (χ0v) is 15.8. The number of aromatic nitrogens is 2. The average molecular weight is 382 g/mol. The van der Waals surface area contributed by atoms with E-state index >= 15 is 0 Å². The molecular formula is C21H20F2N4O. The topological polar surface area (TPSA) is 66.9 Å². The molecule has 0 aliphatic carbocycles. The highest BCUT2D eigenvalue weighted by atomic mass is 19.1. The fraction of sp³-hybridized carbons (Fsp3) is 0.190. The standard InChI is InChI=1S/C21H20F2N4O/c1-21(2,3)27-17-12-16(24-19(25-17)13-8-5-4-6-9-13)20(28)26-18-14(22)10-7-11-15(18)23/h4-12H,1-3H3,(H,26,28)(H,24,25,27). The third-order valence-electron chi connectivity index (χ3n) is 3.70. The molecule has 1 heterocycles. The number of hydrogen-bond acceptors (Lipinski definition) is 4. The summed E-state index contributed by atoms with van der Waals surface area (Å²) in [6.07, 6.45) is 0. The molecule has 3 aromatic rings. The molecule has 0 radical (unpaired) electrons. The number of rotatable bonds is 4. The van der Waals surface area contributed by atoms with Gasteiger partial charge in [-0.3, -0.25) is 4.79 Å². The van der Waals surface area contributed by atoms with Crippen molar-refractivity contribution in [2.45, 2.75) is 26.3 Å². The van der Waals surface area contributed by atoms with Crippen LogP contribution in [0.3, 0.4) is 0 Å². The number of carbonyl (C=O) groups excluding carboxylic acids is 1. The molecule has 1 aromatic heterocycles. The van der Waals surface area contributed by atoms with Crippen molar-refractivity contribution in [3.05, 3.63) is 71.9 Å². The van der Waals surface area contributed by atoms with E-state index in [9.17, 15) is 13.6 Å². The fourth-order valence-electron chi connectivity index (χ4n) is 2.52. The molecule has 1 amide bonds. The number of benzene rings is 2. The number of nitrogens with one attached hydrogen (secondary N) is 2. The first-order valence-electron chi connectivity index (χ1n) is 8.71. The van der Waals surface area contributed by atoms with Gasteiger partial charge >= 0.3 is 0 Å². The van der Waals surface area contributed by atoms with Crippen LogP contribution in [0.25, 0.3) is 11.4 Å². The van der Waals surface area contributed by atoms with Crippen LogP contribution in [-0.4, -0.2) is 21.4 Å². The smallest absolute Gasteiger partial charge is 0.274 e. The van der Waals surface area contributed by atoms with Gasteiger partial charge in [0.15, 0.2) is 5.82 Å². The van der Waals surface area contributed by atoms with Gasteiger partial charge < -0.3 is 10.6 Å². The van der Waals surface area contributed by atoms with Crippen LogP contribution in [0.4, 0.5) is 20.3 Å². The van der Waals surface area contributed by atoms with Gasteiger partial charge in [-0.2, -0.15) is 0 Å². The van der Waals surface area contributed by atoms with Crippen LogP contribution in [0.1, 0.15) is 31.3 Å². The minimum absolute atomic E-state index is 0.0109. The summed E-state index contributed by atoms with van der Waals surface area (Å²) in [5.74, 6) is -1.70. The van der Waals surface area contributed by atoms with E-state index in [0.717, 1.165) is 12.1 Å². The predicted octanol–water partition coefficient (Wildman–Crippen LogP) is 4.88. The molecule has 0 saturated heterocycles. The first-order valence-corrected chi connectivity index (χ1v) is 8.71. The number of para-hydroxylation sites is 1. The van der Waals surface area contributed by atoms with Crippen LogP contribution >= 0.6 is 0 Å². The molecule has 28 heavy (non-hydrogen) atoms. The molecule has 0 fully saturated rings. The summed E-state index contributed by atoms with van der Waals surface area (Å²) in [5, 5.41) is 5.45. The van der Waals surface area contributed by atoms with Crippen molar-refractivity contribution >= 4 is 17.4 Å². The van der Waals surface area contributed by atoms with E-state index in [0.29, 0.717) is 17.2 Å². The molecule has 2 N–H and O–H groups in total. The van der Waals surface area contributed by atoms with Crippen LogP contribution in [0.2, 0.25) is 0 Å². The highest BCUT2D eigenvalue weighted by Crippen LogP contribution is 2.22. The minimum Gasteiger partial charge on any atom is -0.365 e. The molecule has 7 heteroatoms. The van der Waals surface area contributed by atoms with Gasteiger partial charge in [-0.1, -0.05) is 36.4 Å². The van der Waals surface area contributed by atoms with Gasteiger partial charge in [0.05, 0.1) is 0 Å². The lowest BCUT2D eigenvalue weighted by molar-refractivity contribution is 0.102. The molecule has 0 spiro atoms. The highest BCUT2D eigenvalue weighted by Gasteiger charge is 2.19. The second kappa shape index (κ2) is 7.72. The van der Waals surface area contributed by atoms with Gasteiger partial charge in [-0.15, -0.1) is 0 Å². The summed E-state index contributed by atoms with van der Waals surface area (Å²) in [4.78, 5) is 21.4. The number of anilines is 2. The minimum atomic E-state index is -0.862. The number of hydrogen-bond donors (Lipinski definition) is 2. The maximum Gasteiger partial charge on any atom is 0.274 e. The number of nitrogens with zero attached hydrogens (tertiary/aromatic N) is 2. The SMILES string of the molecule is CC(C)(C)Nc1cc(C(=O)Nc2c(F)cccc2F)nc(-c2ccccc2)n1. The van der Waals surface area contributed by atoms with Gasteiger partial charge in [0.25, 0.3) is 5.91 Å². The molecule has 144 valence electrons. The lowest BCUT2D eigenvalue weighted by atomic mass is 10.1. The van der Waals surface area contributed by atoms with Gasteiger partial charge in [-0.25, -0.2) is 18.7 Å². The van der Waals surface area contributed by atoms with Gasteiger partial charge in [-0.05, 0) is 32.9 Å². The molecule has 2 aromatic carbocycles. The number of carbonyl (C=O) groups is 1. The molecule has 0 bridgehead atoms. The molecule has 0 aliphatic heterocycles. The van der Waals surface area contributed by atoms with Crippen molar-refractivity contribution in [2.75, 3.05) is 10.6 Å². The normalized spacial score (nSPS) is 11.2. The molecule has 0 aliphatic rings. The monoisotopic (exact) mass is 382 g/mol. The van der Waals surface area contributed by atoms with Crippen molar-refractivity contribution in [2.24, 2.45) is 0 Å². The summed E-state index contributed by atoms with van der Waals surface area (Å²) < 4.78 is 27.7. The molecule has 0 atom stereocenters. The number of amides is 1. The highest BCUT2D eigenvalue weighted by molar-refractivity contribution is 6.03. The Balaban J connectivity index is 2.01. The Hall–Kier alpha value is -3.35. The Morgan fingerprint density at radius 1 is 0.929 bits per heavy atom.